The van der Waals surface area contributed by atoms with Gasteiger partial charge in [-0.2, -0.15) is 0 Å². The van der Waals surface area contributed by atoms with Gasteiger partial charge in [0, 0.05) is 17.1 Å². The van der Waals surface area contributed by atoms with E-state index in [0.717, 1.165) is 6.07 Å². The molecule has 0 bridgehead atoms. The summed E-state index contributed by atoms with van der Waals surface area (Å²) in [5.41, 5.74) is 0. The molecule has 5 nitrogen and oxygen atoms in total. The molecule has 21 heavy (non-hydrogen) atoms. The first-order chi connectivity index (χ1) is 9.61. The second-order valence-electron chi connectivity index (χ2n) is 4.82. The average Bonchev–Trinajstić information content (AvgIpc) is 2.65. The summed E-state index contributed by atoms with van der Waals surface area (Å²) in [7, 11) is -7.31. The minimum absolute atomic E-state index is 0.0218. The fourth-order valence-corrected chi connectivity index (χ4v) is 6.26. The molecule has 1 unspecified atom stereocenters. The number of nitrogens with one attached hydrogen (secondary N) is 1. The molecule has 1 atom stereocenters. The summed E-state index contributed by atoms with van der Waals surface area (Å²) in [6.45, 7) is -0.106. The minimum atomic E-state index is -4.20. The third kappa shape index (κ3) is 3.99. The van der Waals surface area contributed by atoms with Crippen molar-refractivity contribution in [1.82, 2.24) is 4.72 Å². The summed E-state index contributed by atoms with van der Waals surface area (Å²) in [5, 5.41) is 0. The van der Waals surface area contributed by atoms with Crippen LogP contribution in [0.2, 0.25) is 0 Å². The van der Waals surface area contributed by atoms with E-state index in [0.29, 0.717) is 12.5 Å². The van der Waals surface area contributed by atoms with Gasteiger partial charge in [0.05, 0.1) is 11.5 Å². The van der Waals surface area contributed by atoms with Gasteiger partial charge in [-0.25, -0.2) is 30.3 Å². The van der Waals surface area contributed by atoms with E-state index in [1.165, 1.54) is 0 Å². The van der Waals surface area contributed by atoms with E-state index in [1.54, 1.807) is 0 Å². The molecule has 1 fully saturated rings. The molecule has 1 aromatic carbocycles. The summed E-state index contributed by atoms with van der Waals surface area (Å²) >= 11 is 2.81. The maximum absolute atomic E-state index is 13.6. The van der Waals surface area contributed by atoms with E-state index in [9.17, 15) is 25.6 Å². The molecule has 0 radical (unpaired) electrons. The van der Waals surface area contributed by atoms with Gasteiger partial charge >= 0.3 is 0 Å². The van der Waals surface area contributed by atoms with Crippen LogP contribution in [0.25, 0.3) is 0 Å². The van der Waals surface area contributed by atoms with Crippen molar-refractivity contribution in [2.24, 2.45) is 5.92 Å². The largest absolute Gasteiger partial charge is 0.244 e. The summed E-state index contributed by atoms with van der Waals surface area (Å²) in [4.78, 5) is -0.690. The molecule has 1 saturated heterocycles. The molecule has 0 aromatic heterocycles. The van der Waals surface area contributed by atoms with Crippen molar-refractivity contribution in [2.75, 3.05) is 18.1 Å². The summed E-state index contributed by atoms with van der Waals surface area (Å²) in [6, 6.07) is 1.32. The predicted molar refractivity (Wildman–Crippen MR) is 76.0 cm³/mol. The van der Waals surface area contributed by atoms with Crippen LogP contribution in [0.3, 0.4) is 0 Å². The molecule has 1 N–H and O–H groups in total. The highest BCUT2D eigenvalue weighted by Crippen LogP contribution is 2.26. The highest BCUT2D eigenvalue weighted by molar-refractivity contribution is 9.10. The summed E-state index contributed by atoms with van der Waals surface area (Å²) < 4.78 is 75.2. The lowest BCUT2D eigenvalue weighted by molar-refractivity contribution is 0.525. The maximum atomic E-state index is 13.6. The van der Waals surface area contributed by atoms with Crippen molar-refractivity contribution >= 4 is 35.8 Å². The third-order valence-electron chi connectivity index (χ3n) is 3.12. The van der Waals surface area contributed by atoms with Gasteiger partial charge in [-0.3, -0.25) is 0 Å². The van der Waals surface area contributed by atoms with Gasteiger partial charge in [-0.15, -0.1) is 0 Å². The zero-order valence-electron chi connectivity index (χ0n) is 10.6. The van der Waals surface area contributed by atoms with Crippen molar-refractivity contribution in [3.05, 3.63) is 28.2 Å². The van der Waals surface area contributed by atoms with E-state index in [4.69, 9.17) is 0 Å². The Balaban J connectivity index is 2.17. The van der Waals surface area contributed by atoms with Crippen LogP contribution >= 0.6 is 15.9 Å². The van der Waals surface area contributed by atoms with Crippen LogP contribution in [0.5, 0.6) is 0 Å². The van der Waals surface area contributed by atoms with Gasteiger partial charge in [0.15, 0.2) is 9.84 Å². The quantitative estimate of drug-likeness (QED) is 0.824. The number of sulfonamides is 1. The van der Waals surface area contributed by atoms with Crippen LogP contribution in [0.15, 0.2) is 21.5 Å². The van der Waals surface area contributed by atoms with Crippen LogP contribution < -0.4 is 4.72 Å². The molecule has 1 aliphatic heterocycles. The molecule has 0 saturated carbocycles. The van der Waals surface area contributed by atoms with Crippen LogP contribution in [0.1, 0.15) is 6.42 Å². The van der Waals surface area contributed by atoms with Crippen molar-refractivity contribution in [2.45, 2.75) is 11.3 Å². The Hall–Kier alpha value is -0.580. The van der Waals surface area contributed by atoms with Crippen molar-refractivity contribution < 1.29 is 25.6 Å². The van der Waals surface area contributed by atoms with Gasteiger partial charge in [-0.05, 0) is 34.3 Å². The molecule has 1 heterocycles. The predicted octanol–water partition coefficient (Wildman–Crippen LogP) is 1.44. The van der Waals surface area contributed by atoms with Gasteiger partial charge in [0.1, 0.15) is 16.5 Å². The molecule has 2 rings (SSSR count). The number of halogens is 3. The Morgan fingerprint density at radius 3 is 2.52 bits per heavy atom. The molecule has 0 spiro atoms. The van der Waals surface area contributed by atoms with E-state index in [1.807, 2.05) is 0 Å². The van der Waals surface area contributed by atoms with E-state index >= 15 is 0 Å². The molecular weight excluding hydrogens is 392 g/mol. The topological polar surface area (TPSA) is 80.3 Å². The van der Waals surface area contributed by atoms with E-state index in [2.05, 4.69) is 20.7 Å². The van der Waals surface area contributed by atoms with Gasteiger partial charge in [0.25, 0.3) is 0 Å². The Labute approximate surface area is 129 Å². The summed E-state index contributed by atoms with van der Waals surface area (Å²) in [6.07, 6.45) is 0.359. The Morgan fingerprint density at radius 1 is 1.33 bits per heavy atom. The number of hydrogen-bond acceptors (Lipinski definition) is 4. The van der Waals surface area contributed by atoms with E-state index in [-0.39, 0.29) is 28.4 Å². The number of benzene rings is 1. The van der Waals surface area contributed by atoms with Crippen molar-refractivity contribution in [3.63, 3.8) is 0 Å². The normalized spacial score (nSPS) is 21.6. The average molecular weight is 404 g/mol. The molecule has 0 amide bonds. The van der Waals surface area contributed by atoms with Crippen molar-refractivity contribution in [3.8, 4) is 0 Å². The smallest absolute Gasteiger partial charge is 0.229 e. The Morgan fingerprint density at radius 2 is 2.00 bits per heavy atom. The standard InChI is InChI=1S/C11H12BrF2NO4S2/c12-9-3-8(13)4-10(14)11(9)21(18,19)15-5-7-1-2-20(16,17)6-7/h3-4,7,15H,1-2,5-6H2. The van der Waals surface area contributed by atoms with Crippen LogP contribution in [0, 0.1) is 17.6 Å². The third-order valence-corrected chi connectivity index (χ3v) is 7.34. The first-order valence-electron chi connectivity index (χ1n) is 5.95. The van der Waals surface area contributed by atoms with Gasteiger partial charge < -0.3 is 0 Å². The van der Waals surface area contributed by atoms with Crippen LogP contribution in [-0.4, -0.2) is 34.9 Å². The highest BCUT2D eigenvalue weighted by Gasteiger charge is 2.30. The maximum Gasteiger partial charge on any atom is 0.244 e. The fraction of sp³-hybridized carbons (Fsp3) is 0.455. The second kappa shape index (κ2) is 5.90. The van der Waals surface area contributed by atoms with Gasteiger partial charge in [0.2, 0.25) is 10.0 Å². The molecule has 118 valence electrons. The first-order valence-corrected chi connectivity index (χ1v) is 10.0. The lowest BCUT2D eigenvalue weighted by Gasteiger charge is -2.12. The lowest BCUT2D eigenvalue weighted by atomic mass is 10.1. The van der Waals surface area contributed by atoms with Crippen LogP contribution in [0.4, 0.5) is 8.78 Å². The Kier molecular flexibility index (Phi) is 4.72. The van der Waals surface area contributed by atoms with Crippen LogP contribution in [-0.2, 0) is 19.9 Å². The van der Waals surface area contributed by atoms with Gasteiger partial charge in [-0.1, -0.05) is 0 Å². The van der Waals surface area contributed by atoms with Crippen molar-refractivity contribution in [1.29, 1.82) is 0 Å². The number of sulfone groups is 1. The number of rotatable bonds is 4. The zero-order valence-corrected chi connectivity index (χ0v) is 13.9. The monoisotopic (exact) mass is 403 g/mol. The lowest BCUT2D eigenvalue weighted by Crippen LogP contribution is -2.30. The second-order valence-corrected chi connectivity index (χ2v) is 9.61. The SMILES string of the molecule is O=S1(=O)CCC(CNS(=O)(=O)c2c(F)cc(F)cc2Br)C1. The Bertz CT molecular complexity index is 741. The highest BCUT2D eigenvalue weighted by atomic mass is 79.9. The summed E-state index contributed by atoms with van der Waals surface area (Å²) in [5.74, 6) is -2.53. The van der Waals surface area contributed by atoms with E-state index < -0.39 is 36.4 Å². The molecule has 10 heteroatoms. The molecular formula is C11H12BrF2NO4S2. The molecule has 1 aromatic rings. The number of hydrogen-bond donors (Lipinski definition) is 1. The fourth-order valence-electron chi connectivity index (χ4n) is 2.12. The minimum Gasteiger partial charge on any atom is -0.229 e. The first kappa shape index (κ1) is 16.8. The molecule has 1 aliphatic rings. The molecule has 0 aliphatic carbocycles. The zero-order chi connectivity index (χ0) is 15.8.